The highest BCUT2D eigenvalue weighted by Crippen LogP contribution is 2.32. The molecule has 1 aliphatic heterocycles. The summed E-state index contributed by atoms with van der Waals surface area (Å²) in [6.45, 7) is 0.807. The van der Waals surface area contributed by atoms with Crippen molar-refractivity contribution in [1.29, 1.82) is 0 Å². The van der Waals surface area contributed by atoms with E-state index in [9.17, 15) is 22.4 Å². The maximum absolute atomic E-state index is 13.4. The molecule has 1 atom stereocenters. The number of nitrogens with two attached hydrogens (primary N) is 1. The number of benzene rings is 1. The maximum atomic E-state index is 13.4. The number of carbonyl (C=O) groups excluding carboxylic acids is 1. The van der Waals surface area contributed by atoms with Crippen LogP contribution in [0.3, 0.4) is 0 Å². The summed E-state index contributed by atoms with van der Waals surface area (Å²) in [5, 5.41) is 0. The zero-order valence-electron chi connectivity index (χ0n) is 10.5. The number of amides is 2. The molecule has 1 saturated heterocycles. The summed E-state index contributed by atoms with van der Waals surface area (Å²) >= 11 is 0. The molecule has 20 heavy (non-hydrogen) atoms. The molecule has 1 radical (unpaired) electrons. The molecule has 0 saturated carbocycles. The summed E-state index contributed by atoms with van der Waals surface area (Å²) in [4.78, 5) is 12.4. The van der Waals surface area contributed by atoms with Crippen LogP contribution in [0, 0.1) is 18.2 Å². The lowest BCUT2D eigenvalue weighted by Crippen LogP contribution is -2.33. The van der Waals surface area contributed by atoms with Crippen LogP contribution in [0.15, 0.2) is 18.2 Å². The van der Waals surface area contributed by atoms with Crippen LogP contribution in [0.2, 0.25) is 0 Å². The standard InChI is InChI=1S/C13H13F4N2O/c14-11-6-8(1-2-10(11)13(15,16)17)5-9-3-4-19(7-9)12(18)20/h1-3,6,9H,4-5,7H2,(H2,18,20). The van der Waals surface area contributed by atoms with E-state index in [1.165, 1.54) is 11.0 Å². The molecule has 1 heterocycles. The number of urea groups is 1. The van der Waals surface area contributed by atoms with Gasteiger partial charge in [0.05, 0.1) is 5.56 Å². The van der Waals surface area contributed by atoms with E-state index < -0.39 is 23.6 Å². The van der Waals surface area contributed by atoms with Gasteiger partial charge in [-0.1, -0.05) is 6.07 Å². The van der Waals surface area contributed by atoms with E-state index in [0.717, 1.165) is 12.1 Å². The van der Waals surface area contributed by atoms with E-state index in [-0.39, 0.29) is 5.92 Å². The lowest BCUT2D eigenvalue weighted by atomic mass is 9.97. The number of rotatable bonds is 2. The first-order chi connectivity index (χ1) is 9.27. The summed E-state index contributed by atoms with van der Waals surface area (Å²) in [5.41, 5.74) is 4.32. The van der Waals surface area contributed by atoms with Gasteiger partial charge in [-0.05, 0) is 36.5 Å². The average Bonchev–Trinajstić information content (AvgIpc) is 2.76. The van der Waals surface area contributed by atoms with Crippen molar-refractivity contribution in [2.24, 2.45) is 11.7 Å². The molecule has 1 unspecified atom stereocenters. The zero-order valence-corrected chi connectivity index (χ0v) is 10.5. The molecule has 1 aromatic carbocycles. The quantitative estimate of drug-likeness (QED) is 0.836. The summed E-state index contributed by atoms with van der Waals surface area (Å²) in [7, 11) is 0. The van der Waals surface area contributed by atoms with Crippen LogP contribution in [0.25, 0.3) is 0 Å². The van der Waals surface area contributed by atoms with E-state index in [1.807, 2.05) is 6.42 Å². The van der Waals surface area contributed by atoms with Crippen LogP contribution < -0.4 is 5.73 Å². The lowest BCUT2D eigenvalue weighted by Gasteiger charge is -2.14. The predicted octanol–water partition coefficient (Wildman–Crippen LogP) is 2.60. The molecule has 7 heteroatoms. The largest absolute Gasteiger partial charge is 0.419 e. The predicted molar refractivity (Wildman–Crippen MR) is 64.1 cm³/mol. The third kappa shape index (κ3) is 3.20. The van der Waals surface area contributed by atoms with Gasteiger partial charge in [-0.25, -0.2) is 9.18 Å². The number of hydrogen-bond donors (Lipinski definition) is 1. The van der Waals surface area contributed by atoms with Gasteiger partial charge in [-0.15, -0.1) is 0 Å². The Bertz CT molecular complexity index is 516. The van der Waals surface area contributed by atoms with Gasteiger partial charge in [0.15, 0.2) is 0 Å². The second kappa shape index (κ2) is 5.30. The lowest BCUT2D eigenvalue weighted by molar-refractivity contribution is -0.140. The monoisotopic (exact) mass is 289 g/mol. The first-order valence-electron chi connectivity index (χ1n) is 6.00. The Hall–Kier alpha value is -1.79. The number of carbonyl (C=O) groups is 1. The molecular weight excluding hydrogens is 276 g/mol. The molecular formula is C13H13F4N2O. The highest BCUT2D eigenvalue weighted by molar-refractivity contribution is 5.72. The second-order valence-corrected chi connectivity index (χ2v) is 4.76. The minimum absolute atomic E-state index is 0.0290. The average molecular weight is 289 g/mol. The minimum atomic E-state index is -4.69. The van der Waals surface area contributed by atoms with Gasteiger partial charge in [0, 0.05) is 13.1 Å². The van der Waals surface area contributed by atoms with Crippen molar-refractivity contribution in [3.05, 3.63) is 41.6 Å². The van der Waals surface area contributed by atoms with Crippen LogP contribution in [0.5, 0.6) is 0 Å². The number of hydrogen-bond acceptors (Lipinski definition) is 1. The number of likely N-dealkylation sites (tertiary alicyclic amines) is 1. The molecule has 0 spiro atoms. The van der Waals surface area contributed by atoms with Crippen LogP contribution in [0.4, 0.5) is 22.4 Å². The summed E-state index contributed by atoms with van der Waals surface area (Å²) in [6.07, 6.45) is -2.47. The van der Waals surface area contributed by atoms with E-state index in [0.29, 0.717) is 25.1 Å². The Labute approximate surface area is 113 Å². The van der Waals surface area contributed by atoms with Gasteiger partial charge in [0.1, 0.15) is 5.82 Å². The normalized spacial score (nSPS) is 19.4. The van der Waals surface area contributed by atoms with E-state index >= 15 is 0 Å². The van der Waals surface area contributed by atoms with Gasteiger partial charge < -0.3 is 10.6 Å². The molecule has 109 valence electrons. The molecule has 2 rings (SSSR count). The van der Waals surface area contributed by atoms with Gasteiger partial charge in [0.25, 0.3) is 0 Å². The van der Waals surface area contributed by atoms with Crippen molar-refractivity contribution in [3.63, 3.8) is 0 Å². The Morgan fingerprint density at radius 2 is 2.10 bits per heavy atom. The number of nitrogens with zero attached hydrogens (tertiary/aromatic N) is 1. The summed E-state index contributed by atoms with van der Waals surface area (Å²) in [5.74, 6) is -1.31. The third-order valence-electron chi connectivity index (χ3n) is 3.26. The van der Waals surface area contributed by atoms with Crippen molar-refractivity contribution in [2.75, 3.05) is 13.1 Å². The topological polar surface area (TPSA) is 46.3 Å². The molecule has 1 aliphatic rings. The van der Waals surface area contributed by atoms with Gasteiger partial charge in [-0.3, -0.25) is 0 Å². The first kappa shape index (κ1) is 14.6. The Balaban J connectivity index is 2.05. The van der Waals surface area contributed by atoms with Crippen molar-refractivity contribution in [3.8, 4) is 0 Å². The molecule has 0 aromatic heterocycles. The molecule has 2 amide bonds. The summed E-state index contributed by atoms with van der Waals surface area (Å²) in [6, 6.07) is 2.35. The van der Waals surface area contributed by atoms with Gasteiger partial charge in [0.2, 0.25) is 0 Å². The fourth-order valence-electron chi connectivity index (χ4n) is 2.25. The van der Waals surface area contributed by atoms with Crippen molar-refractivity contribution < 1.29 is 22.4 Å². The van der Waals surface area contributed by atoms with Crippen LogP contribution >= 0.6 is 0 Å². The smallest absolute Gasteiger partial charge is 0.351 e. The summed E-state index contributed by atoms with van der Waals surface area (Å²) < 4.78 is 50.7. The minimum Gasteiger partial charge on any atom is -0.351 e. The van der Waals surface area contributed by atoms with Crippen molar-refractivity contribution in [2.45, 2.75) is 12.6 Å². The van der Waals surface area contributed by atoms with E-state index in [1.54, 1.807) is 0 Å². The Kier molecular flexibility index (Phi) is 3.87. The first-order valence-corrected chi connectivity index (χ1v) is 6.00. The zero-order chi connectivity index (χ0) is 14.9. The molecule has 1 aromatic rings. The number of halogens is 4. The van der Waals surface area contributed by atoms with Crippen molar-refractivity contribution >= 4 is 6.03 Å². The van der Waals surface area contributed by atoms with Crippen molar-refractivity contribution in [1.82, 2.24) is 4.90 Å². The second-order valence-electron chi connectivity index (χ2n) is 4.76. The molecule has 0 bridgehead atoms. The fourth-order valence-corrected chi connectivity index (χ4v) is 2.25. The molecule has 2 N–H and O–H groups in total. The van der Waals surface area contributed by atoms with Gasteiger partial charge >= 0.3 is 12.2 Å². The highest BCUT2D eigenvalue weighted by atomic mass is 19.4. The van der Waals surface area contributed by atoms with E-state index in [4.69, 9.17) is 5.73 Å². The number of primary amides is 1. The molecule has 3 nitrogen and oxygen atoms in total. The number of alkyl halides is 3. The SMILES string of the molecule is NC(=O)N1C[CH]C(Cc2ccc(C(F)(F)F)c(F)c2)C1. The Morgan fingerprint density at radius 1 is 1.40 bits per heavy atom. The molecule has 1 fully saturated rings. The Morgan fingerprint density at radius 3 is 2.60 bits per heavy atom. The maximum Gasteiger partial charge on any atom is 0.419 e. The third-order valence-corrected chi connectivity index (χ3v) is 3.26. The fraction of sp³-hybridized carbons (Fsp3) is 0.385. The molecule has 0 aliphatic carbocycles. The van der Waals surface area contributed by atoms with Crippen LogP contribution in [-0.4, -0.2) is 24.0 Å². The van der Waals surface area contributed by atoms with Gasteiger partial charge in [-0.2, -0.15) is 13.2 Å². The van der Waals surface area contributed by atoms with Crippen LogP contribution in [-0.2, 0) is 12.6 Å². The van der Waals surface area contributed by atoms with E-state index in [2.05, 4.69) is 0 Å². The highest BCUT2D eigenvalue weighted by Gasteiger charge is 2.34. The van der Waals surface area contributed by atoms with Crippen LogP contribution in [0.1, 0.15) is 11.1 Å².